The minimum absolute atomic E-state index is 0.0545. The molecule has 4 rings (SSSR count). The Kier molecular flexibility index (Phi) is 6.51. The van der Waals surface area contributed by atoms with Gasteiger partial charge in [-0.2, -0.15) is 0 Å². The van der Waals surface area contributed by atoms with Gasteiger partial charge in [0.25, 0.3) is 11.7 Å². The van der Waals surface area contributed by atoms with E-state index in [1.54, 1.807) is 42.5 Å². The zero-order valence-electron chi connectivity index (χ0n) is 18.7. The molecule has 0 aliphatic carbocycles. The summed E-state index contributed by atoms with van der Waals surface area (Å²) in [5.41, 5.74) is 2.19. The summed E-state index contributed by atoms with van der Waals surface area (Å²) < 4.78 is 16.4. The molecule has 0 aromatic heterocycles. The minimum Gasteiger partial charge on any atom is -0.507 e. The molecule has 1 saturated heterocycles. The van der Waals surface area contributed by atoms with E-state index < -0.39 is 17.7 Å². The molecule has 1 fully saturated rings. The van der Waals surface area contributed by atoms with E-state index in [9.17, 15) is 14.7 Å². The lowest BCUT2D eigenvalue weighted by Gasteiger charge is -2.25. The lowest BCUT2D eigenvalue weighted by Crippen LogP contribution is -2.32. The van der Waals surface area contributed by atoms with Crippen molar-refractivity contribution in [1.29, 1.82) is 0 Å². The first-order valence-corrected chi connectivity index (χ1v) is 10.9. The van der Waals surface area contributed by atoms with Crippen LogP contribution in [0.1, 0.15) is 29.7 Å². The van der Waals surface area contributed by atoms with Gasteiger partial charge in [-0.05, 0) is 48.4 Å². The molecule has 7 nitrogen and oxygen atoms in total. The van der Waals surface area contributed by atoms with Gasteiger partial charge in [0.1, 0.15) is 30.0 Å². The van der Waals surface area contributed by atoms with Crippen LogP contribution in [0.15, 0.2) is 60.7 Å². The van der Waals surface area contributed by atoms with Gasteiger partial charge >= 0.3 is 0 Å². The molecule has 0 bridgehead atoms. The second kappa shape index (κ2) is 9.50. The summed E-state index contributed by atoms with van der Waals surface area (Å²) in [5.74, 6) is -0.173. The summed E-state index contributed by atoms with van der Waals surface area (Å²) in [6.45, 7) is 6.46. The van der Waals surface area contributed by atoms with Crippen LogP contribution in [-0.2, 0) is 20.7 Å². The van der Waals surface area contributed by atoms with E-state index in [-0.39, 0.29) is 30.6 Å². The van der Waals surface area contributed by atoms with Gasteiger partial charge in [-0.3, -0.25) is 9.59 Å². The average molecular weight is 450 g/mol. The van der Waals surface area contributed by atoms with Gasteiger partial charge in [0.2, 0.25) is 0 Å². The molecule has 172 valence electrons. The third-order valence-corrected chi connectivity index (χ3v) is 5.81. The molecule has 2 aliphatic rings. The van der Waals surface area contributed by atoms with E-state index in [0.717, 1.165) is 11.3 Å². The Hall–Kier alpha value is -3.58. The molecule has 2 aromatic rings. The molecule has 33 heavy (non-hydrogen) atoms. The van der Waals surface area contributed by atoms with Crippen LogP contribution in [0.4, 0.5) is 0 Å². The normalized spacial score (nSPS) is 21.1. The van der Waals surface area contributed by atoms with Gasteiger partial charge in [0.05, 0.1) is 18.2 Å². The van der Waals surface area contributed by atoms with Crippen LogP contribution in [0.3, 0.4) is 0 Å². The Morgan fingerprint density at radius 1 is 1.24 bits per heavy atom. The molecule has 1 N–H and O–H groups in total. The molecule has 0 saturated carbocycles. The number of amides is 1. The van der Waals surface area contributed by atoms with E-state index in [4.69, 9.17) is 14.2 Å². The first kappa shape index (κ1) is 22.6. The minimum atomic E-state index is -0.739. The van der Waals surface area contributed by atoms with Crippen molar-refractivity contribution >= 4 is 17.4 Å². The monoisotopic (exact) mass is 449 g/mol. The van der Waals surface area contributed by atoms with Gasteiger partial charge in [0, 0.05) is 25.6 Å². The van der Waals surface area contributed by atoms with Crippen LogP contribution >= 0.6 is 0 Å². The standard InChI is InChI=1S/C26H27NO6/c1-4-12-32-20-8-5-17(6-9-20)23-22(25(29)26(30)27(23)11-13-31-3)24(28)18-7-10-21-19(15-18)14-16(2)33-21/h4-10,15-16,23,28H,1,11-14H2,2-3H3. The maximum Gasteiger partial charge on any atom is 0.295 e. The van der Waals surface area contributed by atoms with E-state index in [0.29, 0.717) is 29.9 Å². The fourth-order valence-corrected chi connectivity index (χ4v) is 4.27. The third kappa shape index (κ3) is 4.36. The van der Waals surface area contributed by atoms with Crippen LogP contribution in [0.2, 0.25) is 0 Å². The second-order valence-corrected chi connectivity index (χ2v) is 8.11. The van der Waals surface area contributed by atoms with Gasteiger partial charge in [-0.25, -0.2) is 0 Å². The number of nitrogens with zero attached hydrogens (tertiary/aromatic N) is 1. The van der Waals surface area contributed by atoms with E-state index in [1.165, 1.54) is 12.0 Å². The number of carbonyl (C=O) groups excluding carboxylic acids is 2. The van der Waals surface area contributed by atoms with E-state index >= 15 is 0 Å². The highest BCUT2D eigenvalue weighted by Gasteiger charge is 2.46. The number of ether oxygens (including phenoxy) is 3. The van der Waals surface area contributed by atoms with Crippen molar-refractivity contribution < 1.29 is 28.9 Å². The molecule has 2 aromatic carbocycles. The third-order valence-electron chi connectivity index (χ3n) is 5.81. The van der Waals surface area contributed by atoms with Crippen LogP contribution in [-0.4, -0.2) is 54.7 Å². The smallest absolute Gasteiger partial charge is 0.295 e. The number of rotatable bonds is 8. The SMILES string of the molecule is C=CCOc1ccc(C2C(=C(O)c3ccc4c(c3)CC(C)O4)C(=O)C(=O)N2CCOC)cc1. The number of hydrogen-bond acceptors (Lipinski definition) is 6. The highest BCUT2D eigenvalue weighted by Crippen LogP contribution is 2.40. The number of ketones is 1. The number of carbonyl (C=O) groups is 2. The summed E-state index contributed by atoms with van der Waals surface area (Å²) in [4.78, 5) is 27.4. The van der Waals surface area contributed by atoms with Crippen molar-refractivity contribution in [3.05, 3.63) is 77.4 Å². The molecule has 7 heteroatoms. The van der Waals surface area contributed by atoms with E-state index in [1.807, 2.05) is 13.0 Å². The van der Waals surface area contributed by atoms with Crippen LogP contribution in [0, 0.1) is 0 Å². The highest BCUT2D eigenvalue weighted by molar-refractivity contribution is 6.46. The van der Waals surface area contributed by atoms with Crippen molar-refractivity contribution in [3.8, 4) is 11.5 Å². The van der Waals surface area contributed by atoms with Crippen LogP contribution < -0.4 is 9.47 Å². The largest absolute Gasteiger partial charge is 0.507 e. The summed E-state index contributed by atoms with van der Waals surface area (Å²) in [7, 11) is 1.53. The maximum absolute atomic E-state index is 13.1. The predicted octanol–water partition coefficient (Wildman–Crippen LogP) is 3.64. The van der Waals surface area contributed by atoms with Gasteiger partial charge in [-0.1, -0.05) is 24.8 Å². The number of methoxy groups -OCH3 is 1. The van der Waals surface area contributed by atoms with Crippen LogP contribution in [0.5, 0.6) is 11.5 Å². The number of Topliss-reactive ketones (excluding diaryl/α,β-unsaturated/α-hetero) is 1. The van der Waals surface area contributed by atoms with Gasteiger partial charge < -0.3 is 24.2 Å². The summed E-state index contributed by atoms with van der Waals surface area (Å²) in [6.07, 6.45) is 2.42. The average Bonchev–Trinajstić information content (AvgIpc) is 3.31. The number of likely N-dealkylation sites (tertiary alicyclic amines) is 1. The summed E-state index contributed by atoms with van der Waals surface area (Å²) in [6, 6.07) is 11.7. The molecular weight excluding hydrogens is 422 g/mol. The predicted molar refractivity (Wildman–Crippen MR) is 123 cm³/mol. The maximum atomic E-state index is 13.1. The molecular formula is C26H27NO6. The summed E-state index contributed by atoms with van der Waals surface area (Å²) >= 11 is 0. The lowest BCUT2D eigenvalue weighted by molar-refractivity contribution is -0.140. The number of benzene rings is 2. The summed E-state index contributed by atoms with van der Waals surface area (Å²) in [5, 5.41) is 11.2. The van der Waals surface area contributed by atoms with Crippen molar-refractivity contribution in [2.75, 3.05) is 26.9 Å². The number of aliphatic hydroxyl groups excluding tert-OH is 1. The number of fused-ring (bicyclic) bond motifs is 1. The Labute approximate surface area is 192 Å². The molecule has 2 heterocycles. The van der Waals surface area contributed by atoms with Crippen molar-refractivity contribution in [1.82, 2.24) is 4.90 Å². The Balaban J connectivity index is 1.77. The fraction of sp³-hybridized carbons (Fsp3) is 0.308. The molecule has 1 amide bonds. The second-order valence-electron chi connectivity index (χ2n) is 8.11. The van der Waals surface area contributed by atoms with Crippen molar-refractivity contribution in [3.63, 3.8) is 0 Å². The van der Waals surface area contributed by atoms with Crippen molar-refractivity contribution in [2.24, 2.45) is 0 Å². The van der Waals surface area contributed by atoms with E-state index in [2.05, 4.69) is 6.58 Å². The molecule has 2 unspecified atom stereocenters. The van der Waals surface area contributed by atoms with Crippen LogP contribution in [0.25, 0.3) is 5.76 Å². The molecule has 2 atom stereocenters. The zero-order valence-corrected chi connectivity index (χ0v) is 18.7. The first-order valence-electron chi connectivity index (χ1n) is 10.9. The molecule has 0 radical (unpaired) electrons. The van der Waals surface area contributed by atoms with Gasteiger partial charge in [0.15, 0.2) is 0 Å². The Bertz CT molecular complexity index is 1100. The Morgan fingerprint density at radius 3 is 2.70 bits per heavy atom. The molecule has 0 spiro atoms. The highest BCUT2D eigenvalue weighted by atomic mass is 16.5. The zero-order chi connectivity index (χ0) is 23.5. The Morgan fingerprint density at radius 2 is 2.00 bits per heavy atom. The molecule has 2 aliphatic heterocycles. The van der Waals surface area contributed by atoms with Gasteiger partial charge in [-0.15, -0.1) is 0 Å². The number of hydrogen-bond donors (Lipinski definition) is 1. The number of aliphatic hydroxyl groups is 1. The topological polar surface area (TPSA) is 85.3 Å². The van der Waals surface area contributed by atoms with Crippen molar-refractivity contribution in [2.45, 2.75) is 25.5 Å². The quantitative estimate of drug-likeness (QED) is 0.287. The first-order chi connectivity index (χ1) is 15.9. The fourth-order valence-electron chi connectivity index (χ4n) is 4.27. The lowest BCUT2D eigenvalue weighted by atomic mass is 9.94.